The number of anilines is 3. The van der Waals surface area contributed by atoms with Crippen LogP contribution in [0.25, 0.3) is 0 Å². The Bertz CT molecular complexity index is 870. The van der Waals surface area contributed by atoms with Gasteiger partial charge in [0.05, 0.1) is 16.8 Å². The molecule has 0 heterocycles. The van der Waals surface area contributed by atoms with Crippen LogP contribution in [0.3, 0.4) is 0 Å². The lowest BCUT2D eigenvalue weighted by atomic mass is 9.98. The van der Waals surface area contributed by atoms with Gasteiger partial charge in [0.25, 0.3) is 0 Å². The van der Waals surface area contributed by atoms with Gasteiger partial charge >= 0.3 is 6.03 Å². The van der Waals surface area contributed by atoms with Crippen LogP contribution in [0, 0.1) is 0 Å². The second-order valence-corrected chi connectivity index (χ2v) is 7.80. The van der Waals surface area contributed by atoms with Gasteiger partial charge in [-0.2, -0.15) is 0 Å². The smallest absolute Gasteiger partial charge is 0.336 e. The van der Waals surface area contributed by atoms with Gasteiger partial charge in [-0.25, -0.2) is 9.10 Å². The molecular formula is C21H24ClN3O3S. The molecule has 3 amide bonds. The molecule has 0 unspecified atom stereocenters. The van der Waals surface area contributed by atoms with E-state index in [-0.39, 0.29) is 12.0 Å². The average Bonchev–Trinajstić information content (AvgIpc) is 2.70. The van der Waals surface area contributed by atoms with Crippen molar-refractivity contribution in [2.45, 2.75) is 45.1 Å². The number of ether oxygens (including phenoxy) is 1. The first-order chi connectivity index (χ1) is 13.9. The third kappa shape index (κ3) is 6.05. The standard InChI is InChI=1S/C21H24ClN3O3S/c1-14(26)23-15-7-10-17(11-8-15)25(29)21(27)24-16-9-12-20(19(22)13-16)28-18-5-3-2-4-6-18/h7-13,18,29H,2-6H2,1H3,(H,23,26)(H,24,27). The molecule has 8 heteroatoms. The predicted octanol–water partition coefficient (Wildman–Crippen LogP) is 5.89. The van der Waals surface area contributed by atoms with Crippen molar-refractivity contribution in [2.75, 3.05) is 14.9 Å². The Hall–Kier alpha value is -2.38. The topological polar surface area (TPSA) is 70.7 Å². The Morgan fingerprint density at radius 2 is 1.69 bits per heavy atom. The van der Waals surface area contributed by atoms with Gasteiger partial charge in [0.1, 0.15) is 5.75 Å². The van der Waals surface area contributed by atoms with Crippen LogP contribution in [0.15, 0.2) is 42.5 Å². The van der Waals surface area contributed by atoms with E-state index in [0.29, 0.717) is 27.8 Å². The maximum Gasteiger partial charge on any atom is 0.336 e. The summed E-state index contributed by atoms with van der Waals surface area (Å²) in [6.45, 7) is 1.43. The van der Waals surface area contributed by atoms with Crippen molar-refractivity contribution in [3.8, 4) is 5.75 Å². The van der Waals surface area contributed by atoms with Crippen LogP contribution >= 0.6 is 24.4 Å². The van der Waals surface area contributed by atoms with E-state index in [2.05, 4.69) is 23.4 Å². The summed E-state index contributed by atoms with van der Waals surface area (Å²) in [5.74, 6) is 0.471. The van der Waals surface area contributed by atoms with Crippen LogP contribution in [0.2, 0.25) is 5.02 Å². The van der Waals surface area contributed by atoms with Gasteiger partial charge < -0.3 is 15.4 Å². The zero-order chi connectivity index (χ0) is 20.8. The lowest BCUT2D eigenvalue weighted by Crippen LogP contribution is -2.26. The van der Waals surface area contributed by atoms with Gasteiger partial charge in [-0.15, -0.1) is 0 Å². The average molecular weight is 434 g/mol. The Balaban J connectivity index is 1.60. The van der Waals surface area contributed by atoms with E-state index in [9.17, 15) is 9.59 Å². The Kier molecular flexibility index (Phi) is 7.28. The highest BCUT2D eigenvalue weighted by Crippen LogP contribution is 2.31. The fraction of sp³-hybridized carbons (Fsp3) is 0.333. The Morgan fingerprint density at radius 3 is 2.31 bits per heavy atom. The van der Waals surface area contributed by atoms with Crippen molar-refractivity contribution in [3.63, 3.8) is 0 Å². The minimum Gasteiger partial charge on any atom is -0.489 e. The summed E-state index contributed by atoms with van der Waals surface area (Å²) in [5, 5.41) is 5.89. The van der Waals surface area contributed by atoms with Crippen LogP contribution in [-0.4, -0.2) is 18.0 Å². The molecule has 29 heavy (non-hydrogen) atoms. The summed E-state index contributed by atoms with van der Waals surface area (Å²) in [6, 6.07) is 11.5. The van der Waals surface area contributed by atoms with E-state index in [0.717, 1.165) is 12.8 Å². The number of amides is 3. The molecule has 2 aromatic carbocycles. The van der Waals surface area contributed by atoms with Crippen LogP contribution in [0.4, 0.5) is 21.9 Å². The minimum absolute atomic E-state index is 0.161. The number of hydrogen-bond acceptors (Lipinski definition) is 4. The molecule has 1 aliphatic rings. The molecular weight excluding hydrogens is 410 g/mol. The summed E-state index contributed by atoms with van der Waals surface area (Å²) >= 11 is 10.6. The monoisotopic (exact) mass is 433 g/mol. The predicted molar refractivity (Wildman–Crippen MR) is 120 cm³/mol. The largest absolute Gasteiger partial charge is 0.489 e. The van der Waals surface area contributed by atoms with Gasteiger partial charge in [-0.05, 0) is 68.1 Å². The third-order valence-electron chi connectivity index (χ3n) is 4.65. The summed E-state index contributed by atoms with van der Waals surface area (Å²) in [5.41, 5.74) is 1.75. The lowest BCUT2D eigenvalue weighted by Gasteiger charge is -2.23. The zero-order valence-electron chi connectivity index (χ0n) is 16.2. The molecule has 1 aliphatic carbocycles. The summed E-state index contributed by atoms with van der Waals surface area (Å²) in [6.07, 6.45) is 5.92. The van der Waals surface area contributed by atoms with Crippen molar-refractivity contribution in [1.82, 2.24) is 0 Å². The minimum atomic E-state index is -0.433. The number of halogens is 1. The molecule has 0 atom stereocenters. The van der Waals surface area contributed by atoms with Gasteiger partial charge in [0, 0.05) is 18.3 Å². The van der Waals surface area contributed by atoms with Gasteiger partial charge in [0.2, 0.25) is 5.91 Å². The highest BCUT2D eigenvalue weighted by molar-refractivity contribution is 7.82. The highest BCUT2D eigenvalue weighted by atomic mass is 35.5. The summed E-state index contributed by atoms with van der Waals surface area (Å²) in [7, 11) is 0. The van der Waals surface area contributed by atoms with E-state index < -0.39 is 6.03 Å². The van der Waals surface area contributed by atoms with Crippen molar-refractivity contribution in [2.24, 2.45) is 0 Å². The molecule has 1 saturated carbocycles. The van der Waals surface area contributed by atoms with Crippen LogP contribution in [-0.2, 0) is 4.79 Å². The number of hydrogen-bond donors (Lipinski definition) is 3. The number of nitrogens with one attached hydrogen (secondary N) is 2. The van der Waals surface area contributed by atoms with E-state index >= 15 is 0 Å². The maximum atomic E-state index is 12.5. The number of carbonyl (C=O) groups excluding carboxylic acids is 2. The quantitative estimate of drug-likeness (QED) is 0.514. The van der Waals surface area contributed by atoms with E-state index in [1.807, 2.05) is 0 Å². The lowest BCUT2D eigenvalue weighted by molar-refractivity contribution is -0.114. The fourth-order valence-corrected chi connectivity index (χ4v) is 3.63. The van der Waals surface area contributed by atoms with Crippen LogP contribution in [0.1, 0.15) is 39.0 Å². The fourth-order valence-electron chi connectivity index (χ4n) is 3.22. The maximum absolute atomic E-state index is 12.5. The molecule has 0 aromatic heterocycles. The Labute approximate surface area is 181 Å². The second kappa shape index (κ2) is 9.89. The van der Waals surface area contributed by atoms with Crippen molar-refractivity contribution in [1.29, 1.82) is 0 Å². The molecule has 1 fully saturated rings. The first kappa shape index (κ1) is 21.3. The van der Waals surface area contributed by atoms with Crippen LogP contribution < -0.4 is 19.7 Å². The molecule has 0 bridgehead atoms. The molecule has 2 N–H and O–H groups in total. The summed E-state index contributed by atoms with van der Waals surface area (Å²) in [4.78, 5) is 23.6. The van der Waals surface area contributed by atoms with Crippen molar-refractivity contribution in [3.05, 3.63) is 47.5 Å². The first-order valence-electron chi connectivity index (χ1n) is 9.56. The molecule has 0 radical (unpaired) electrons. The number of carbonyl (C=O) groups is 2. The highest BCUT2D eigenvalue weighted by Gasteiger charge is 2.17. The molecule has 6 nitrogen and oxygen atoms in total. The number of thiol groups is 1. The summed E-state index contributed by atoms with van der Waals surface area (Å²) < 4.78 is 7.18. The molecule has 0 spiro atoms. The molecule has 3 rings (SSSR count). The van der Waals surface area contributed by atoms with E-state index in [1.54, 1.807) is 42.5 Å². The number of urea groups is 1. The number of nitrogens with zero attached hydrogens (tertiary/aromatic N) is 1. The van der Waals surface area contributed by atoms with E-state index in [4.69, 9.17) is 16.3 Å². The van der Waals surface area contributed by atoms with Crippen LogP contribution in [0.5, 0.6) is 5.75 Å². The Morgan fingerprint density at radius 1 is 1.03 bits per heavy atom. The van der Waals surface area contributed by atoms with Crippen molar-refractivity contribution >= 4 is 53.4 Å². The molecule has 2 aromatic rings. The third-order valence-corrected chi connectivity index (χ3v) is 5.36. The van der Waals surface area contributed by atoms with Gasteiger partial charge in [-0.1, -0.05) is 30.8 Å². The zero-order valence-corrected chi connectivity index (χ0v) is 17.8. The molecule has 0 aliphatic heterocycles. The van der Waals surface area contributed by atoms with Gasteiger partial charge in [0.15, 0.2) is 0 Å². The van der Waals surface area contributed by atoms with E-state index in [1.165, 1.54) is 30.5 Å². The number of rotatable bonds is 5. The first-order valence-corrected chi connectivity index (χ1v) is 10.3. The van der Waals surface area contributed by atoms with Gasteiger partial charge in [-0.3, -0.25) is 4.79 Å². The SMILES string of the molecule is CC(=O)Nc1ccc(N(S)C(=O)Nc2ccc(OC3CCCCC3)c(Cl)c2)cc1. The molecule has 154 valence electrons. The second-order valence-electron chi connectivity index (χ2n) is 6.99. The molecule has 0 saturated heterocycles. The normalized spacial score (nSPS) is 14.2. The number of benzene rings is 2. The van der Waals surface area contributed by atoms with Crippen molar-refractivity contribution < 1.29 is 14.3 Å².